The van der Waals surface area contributed by atoms with Crippen LogP contribution >= 0.6 is 0 Å². The smallest absolute Gasteiger partial charge is 0.123 e. The van der Waals surface area contributed by atoms with Crippen LogP contribution in [-0.2, 0) is 6.42 Å². The van der Waals surface area contributed by atoms with Crippen molar-refractivity contribution in [1.82, 2.24) is 5.32 Å². The molecule has 0 aliphatic heterocycles. The number of halogens is 1. The van der Waals surface area contributed by atoms with E-state index in [4.69, 9.17) is 0 Å². The minimum absolute atomic E-state index is 0.170. The van der Waals surface area contributed by atoms with Crippen molar-refractivity contribution < 1.29 is 4.39 Å². The van der Waals surface area contributed by atoms with Gasteiger partial charge >= 0.3 is 0 Å². The van der Waals surface area contributed by atoms with Crippen molar-refractivity contribution in [2.45, 2.75) is 44.7 Å². The number of aryl methyl sites for hydroxylation is 1. The Kier molecular flexibility index (Phi) is 4.35. The first-order valence-electron chi connectivity index (χ1n) is 7.87. The lowest BCUT2D eigenvalue weighted by atomic mass is 9.87. The molecule has 1 N–H and O–H groups in total. The Labute approximate surface area is 126 Å². The fraction of sp³-hybridized carbons (Fsp3) is 0.368. The average Bonchev–Trinajstić information content (AvgIpc) is 2.54. The second kappa shape index (κ2) is 6.40. The number of benzene rings is 2. The van der Waals surface area contributed by atoms with Crippen LogP contribution in [-0.4, -0.2) is 0 Å². The molecule has 3 rings (SSSR count). The summed E-state index contributed by atoms with van der Waals surface area (Å²) in [6.07, 6.45) is 4.59. The third-order valence-corrected chi connectivity index (χ3v) is 4.45. The van der Waals surface area contributed by atoms with Gasteiger partial charge in [0.2, 0.25) is 0 Å². The molecule has 0 aromatic heterocycles. The molecule has 110 valence electrons. The molecular weight excluding hydrogens is 261 g/mol. The van der Waals surface area contributed by atoms with Gasteiger partial charge in [-0.15, -0.1) is 0 Å². The van der Waals surface area contributed by atoms with Gasteiger partial charge in [0.15, 0.2) is 0 Å². The van der Waals surface area contributed by atoms with E-state index in [1.165, 1.54) is 36.0 Å². The van der Waals surface area contributed by atoms with E-state index in [0.29, 0.717) is 6.04 Å². The molecule has 2 unspecified atom stereocenters. The van der Waals surface area contributed by atoms with Gasteiger partial charge in [0.1, 0.15) is 5.82 Å². The van der Waals surface area contributed by atoms with E-state index in [9.17, 15) is 4.39 Å². The zero-order valence-corrected chi connectivity index (χ0v) is 12.5. The highest BCUT2D eigenvalue weighted by Crippen LogP contribution is 2.32. The summed E-state index contributed by atoms with van der Waals surface area (Å²) in [5.41, 5.74) is 4.07. The molecule has 1 nitrogen and oxygen atoms in total. The summed E-state index contributed by atoms with van der Waals surface area (Å²) in [6, 6.07) is 16.3. The van der Waals surface area contributed by atoms with Crippen LogP contribution in [0.4, 0.5) is 4.39 Å². The van der Waals surface area contributed by atoms with E-state index >= 15 is 0 Å². The summed E-state index contributed by atoms with van der Waals surface area (Å²) in [6.45, 7) is 2.18. The summed E-state index contributed by atoms with van der Waals surface area (Å²) >= 11 is 0. The molecule has 1 aliphatic rings. The monoisotopic (exact) mass is 283 g/mol. The predicted molar refractivity (Wildman–Crippen MR) is 84.7 cm³/mol. The third kappa shape index (κ3) is 3.16. The largest absolute Gasteiger partial charge is 0.303 e. The van der Waals surface area contributed by atoms with Crippen molar-refractivity contribution in [1.29, 1.82) is 0 Å². The van der Waals surface area contributed by atoms with Gasteiger partial charge in [-0.1, -0.05) is 43.3 Å². The number of fused-ring (bicyclic) bond motifs is 1. The Hall–Kier alpha value is -1.67. The van der Waals surface area contributed by atoms with Crippen LogP contribution in [0.1, 0.15) is 55.0 Å². The van der Waals surface area contributed by atoms with Crippen LogP contribution in [0, 0.1) is 5.82 Å². The maximum Gasteiger partial charge on any atom is 0.123 e. The van der Waals surface area contributed by atoms with E-state index in [-0.39, 0.29) is 11.9 Å². The molecule has 0 bridgehead atoms. The van der Waals surface area contributed by atoms with Crippen molar-refractivity contribution in [3.63, 3.8) is 0 Å². The Morgan fingerprint density at radius 1 is 1.14 bits per heavy atom. The molecule has 2 atom stereocenters. The highest BCUT2D eigenvalue weighted by Gasteiger charge is 2.22. The molecule has 0 saturated heterocycles. The van der Waals surface area contributed by atoms with Crippen LogP contribution in [0.2, 0.25) is 0 Å². The van der Waals surface area contributed by atoms with Crippen molar-refractivity contribution in [3.8, 4) is 0 Å². The topological polar surface area (TPSA) is 12.0 Å². The van der Waals surface area contributed by atoms with Crippen molar-refractivity contribution in [3.05, 3.63) is 71.0 Å². The Morgan fingerprint density at radius 3 is 2.67 bits per heavy atom. The molecule has 0 heterocycles. The van der Waals surface area contributed by atoms with Crippen LogP contribution in [0.15, 0.2) is 48.5 Å². The Balaban J connectivity index is 1.80. The first-order chi connectivity index (χ1) is 10.3. The standard InChI is InChI=1S/C19H22FN/c1-2-18(15-10-12-16(20)13-11-15)21-19-9-5-7-14-6-3-4-8-17(14)19/h3-4,6,8,10-13,18-19,21H,2,5,7,9H2,1H3. The lowest BCUT2D eigenvalue weighted by Gasteiger charge is -2.30. The first-order valence-corrected chi connectivity index (χ1v) is 7.87. The SMILES string of the molecule is CCC(NC1CCCc2ccccc21)c1ccc(F)cc1. The normalized spacial score (nSPS) is 19.0. The number of nitrogens with one attached hydrogen (secondary N) is 1. The number of hydrogen-bond donors (Lipinski definition) is 1. The molecule has 0 amide bonds. The van der Waals surface area contributed by atoms with Crippen LogP contribution in [0.25, 0.3) is 0 Å². The quantitative estimate of drug-likeness (QED) is 0.837. The lowest BCUT2D eigenvalue weighted by Crippen LogP contribution is -2.29. The summed E-state index contributed by atoms with van der Waals surface area (Å²) in [5.74, 6) is -0.170. The van der Waals surface area contributed by atoms with Crippen LogP contribution in [0.5, 0.6) is 0 Å². The lowest BCUT2D eigenvalue weighted by molar-refractivity contribution is 0.393. The van der Waals surface area contributed by atoms with Crippen LogP contribution < -0.4 is 5.32 Å². The van der Waals surface area contributed by atoms with Crippen molar-refractivity contribution >= 4 is 0 Å². The minimum Gasteiger partial charge on any atom is -0.303 e. The third-order valence-electron chi connectivity index (χ3n) is 4.45. The highest BCUT2D eigenvalue weighted by molar-refractivity contribution is 5.32. The molecule has 0 fully saturated rings. The Bertz CT molecular complexity index is 591. The van der Waals surface area contributed by atoms with Gasteiger partial charge in [-0.25, -0.2) is 4.39 Å². The summed E-state index contributed by atoms with van der Waals surface area (Å²) in [4.78, 5) is 0. The van der Waals surface area contributed by atoms with Crippen molar-refractivity contribution in [2.24, 2.45) is 0 Å². The fourth-order valence-corrected chi connectivity index (χ4v) is 3.31. The molecule has 0 radical (unpaired) electrons. The molecular formula is C19H22FN. The van der Waals surface area contributed by atoms with Crippen LogP contribution in [0.3, 0.4) is 0 Å². The molecule has 1 aliphatic carbocycles. The summed E-state index contributed by atoms with van der Waals surface area (Å²) < 4.78 is 13.1. The zero-order chi connectivity index (χ0) is 14.7. The molecule has 2 aromatic rings. The van der Waals surface area contributed by atoms with E-state index in [1.807, 2.05) is 12.1 Å². The molecule has 21 heavy (non-hydrogen) atoms. The van der Waals surface area contributed by atoms with E-state index in [2.05, 4.69) is 36.5 Å². The van der Waals surface area contributed by atoms with Gasteiger partial charge < -0.3 is 5.32 Å². The molecule has 0 saturated carbocycles. The van der Waals surface area contributed by atoms with E-state index in [1.54, 1.807) is 12.1 Å². The summed E-state index contributed by atoms with van der Waals surface area (Å²) in [5, 5.41) is 3.78. The average molecular weight is 283 g/mol. The Morgan fingerprint density at radius 2 is 1.90 bits per heavy atom. The zero-order valence-electron chi connectivity index (χ0n) is 12.5. The number of rotatable bonds is 4. The van der Waals surface area contributed by atoms with Gasteiger partial charge in [-0.2, -0.15) is 0 Å². The predicted octanol–water partition coefficient (Wildman–Crippen LogP) is 4.94. The minimum atomic E-state index is -0.170. The van der Waals surface area contributed by atoms with E-state index < -0.39 is 0 Å². The molecule has 2 aromatic carbocycles. The van der Waals surface area contributed by atoms with Gasteiger partial charge in [-0.3, -0.25) is 0 Å². The molecule has 2 heteroatoms. The first kappa shape index (κ1) is 14.3. The summed E-state index contributed by atoms with van der Waals surface area (Å²) in [7, 11) is 0. The van der Waals surface area contributed by atoms with Crippen molar-refractivity contribution in [2.75, 3.05) is 0 Å². The van der Waals surface area contributed by atoms with Gasteiger partial charge in [0.25, 0.3) is 0 Å². The maximum absolute atomic E-state index is 13.1. The maximum atomic E-state index is 13.1. The van der Waals surface area contributed by atoms with Gasteiger partial charge in [0, 0.05) is 12.1 Å². The van der Waals surface area contributed by atoms with Gasteiger partial charge in [0.05, 0.1) is 0 Å². The van der Waals surface area contributed by atoms with E-state index in [0.717, 1.165) is 6.42 Å². The second-order valence-electron chi connectivity index (χ2n) is 5.82. The van der Waals surface area contributed by atoms with Gasteiger partial charge in [-0.05, 0) is 54.5 Å². The number of hydrogen-bond acceptors (Lipinski definition) is 1. The fourth-order valence-electron chi connectivity index (χ4n) is 3.31. The second-order valence-corrected chi connectivity index (χ2v) is 5.82. The highest BCUT2D eigenvalue weighted by atomic mass is 19.1. The molecule has 0 spiro atoms.